The summed E-state index contributed by atoms with van der Waals surface area (Å²) in [5.74, 6) is 1.94. The molecule has 0 spiro atoms. The van der Waals surface area contributed by atoms with Gasteiger partial charge in [0.1, 0.15) is 5.37 Å². The van der Waals surface area contributed by atoms with Crippen LogP contribution in [0.15, 0.2) is 0 Å². The lowest BCUT2D eigenvalue weighted by molar-refractivity contribution is 0.265. The lowest BCUT2D eigenvalue weighted by Crippen LogP contribution is -2.48. The van der Waals surface area contributed by atoms with Crippen LogP contribution in [0.4, 0.5) is 0 Å². The molecule has 2 N–H and O–H groups in total. The predicted octanol–water partition coefficient (Wildman–Crippen LogP) is 1.25. The van der Waals surface area contributed by atoms with Gasteiger partial charge in [-0.3, -0.25) is 4.90 Å². The van der Waals surface area contributed by atoms with Gasteiger partial charge < -0.3 is 5.73 Å². The Bertz CT molecular complexity index is 370. The SMILES string of the molecule is CCS(=O)(=O)C1CSCCN1CCCCC(N)=S. The molecule has 1 aliphatic heterocycles. The number of nitrogens with two attached hydrogens (primary N) is 1. The number of nitrogens with zero attached hydrogens (tertiary/aromatic N) is 1. The summed E-state index contributed by atoms with van der Waals surface area (Å²) >= 11 is 6.56. The quantitative estimate of drug-likeness (QED) is 0.564. The smallest absolute Gasteiger partial charge is 0.166 e. The highest BCUT2D eigenvalue weighted by Crippen LogP contribution is 2.21. The van der Waals surface area contributed by atoms with Crippen molar-refractivity contribution in [1.29, 1.82) is 0 Å². The number of thioether (sulfide) groups is 1. The van der Waals surface area contributed by atoms with Crippen LogP contribution in [0.3, 0.4) is 0 Å². The summed E-state index contributed by atoms with van der Waals surface area (Å²) in [7, 11) is -2.97. The zero-order chi connectivity index (χ0) is 13.6. The summed E-state index contributed by atoms with van der Waals surface area (Å²) in [5, 5.41) is -0.300. The van der Waals surface area contributed by atoms with Gasteiger partial charge >= 0.3 is 0 Å². The maximum atomic E-state index is 12.0. The van der Waals surface area contributed by atoms with Crippen molar-refractivity contribution in [2.24, 2.45) is 5.73 Å². The Hall–Kier alpha value is 0.150. The Morgan fingerprint density at radius 2 is 2.22 bits per heavy atom. The van der Waals surface area contributed by atoms with Crippen LogP contribution in [0.2, 0.25) is 0 Å². The van der Waals surface area contributed by atoms with Gasteiger partial charge in [-0.05, 0) is 25.8 Å². The van der Waals surface area contributed by atoms with E-state index in [0.717, 1.165) is 38.1 Å². The molecule has 1 atom stereocenters. The Morgan fingerprint density at radius 1 is 1.50 bits per heavy atom. The van der Waals surface area contributed by atoms with Gasteiger partial charge in [0.15, 0.2) is 9.84 Å². The summed E-state index contributed by atoms with van der Waals surface area (Å²) < 4.78 is 24.0. The predicted molar refractivity (Wildman–Crippen MR) is 82.8 cm³/mol. The molecule has 0 amide bonds. The molecule has 0 aromatic carbocycles. The van der Waals surface area contributed by atoms with Crippen molar-refractivity contribution in [3.8, 4) is 0 Å². The van der Waals surface area contributed by atoms with Crippen molar-refractivity contribution in [3.05, 3.63) is 0 Å². The first kappa shape index (κ1) is 16.2. The van der Waals surface area contributed by atoms with Crippen LogP contribution in [-0.4, -0.2) is 54.0 Å². The van der Waals surface area contributed by atoms with Gasteiger partial charge in [0, 0.05) is 23.8 Å². The number of sulfone groups is 1. The number of rotatable bonds is 7. The van der Waals surface area contributed by atoms with E-state index in [1.807, 2.05) is 0 Å². The van der Waals surface area contributed by atoms with Gasteiger partial charge in [-0.1, -0.05) is 19.1 Å². The Morgan fingerprint density at radius 3 is 2.83 bits per heavy atom. The first-order valence-corrected chi connectivity index (χ1v) is 9.57. The molecule has 1 fully saturated rings. The van der Waals surface area contributed by atoms with Gasteiger partial charge in [0.25, 0.3) is 0 Å². The van der Waals surface area contributed by atoms with E-state index in [1.165, 1.54) is 0 Å². The molecule has 1 saturated heterocycles. The van der Waals surface area contributed by atoms with E-state index < -0.39 is 9.84 Å². The van der Waals surface area contributed by atoms with Crippen LogP contribution in [0, 0.1) is 0 Å². The van der Waals surface area contributed by atoms with Crippen molar-refractivity contribution in [2.75, 3.05) is 30.3 Å². The van der Waals surface area contributed by atoms with Crippen molar-refractivity contribution in [1.82, 2.24) is 4.90 Å². The Labute approximate surface area is 120 Å². The average molecular weight is 311 g/mol. The van der Waals surface area contributed by atoms with E-state index in [4.69, 9.17) is 18.0 Å². The zero-order valence-electron chi connectivity index (χ0n) is 10.8. The molecule has 18 heavy (non-hydrogen) atoms. The second-order valence-corrected chi connectivity index (χ2v) is 8.56. The molecule has 1 unspecified atom stereocenters. The maximum Gasteiger partial charge on any atom is 0.166 e. The fourth-order valence-electron chi connectivity index (χ4n) is 2.01. The van der Waals surface area contributed by atoms with Crippen LogP contribution >= 0.6 is 24.0 Å². The molecule has 4 nitrogen and oxygen atoms in total. The third-order valence-electron chi connectivity index (χ3n) is 3.13. The van der Waals surface area contributed by atoms with E-state index in [9.17, 15) is 8.42 Å². The van der Waals surface area contributed by atoms with E-state index in [0.29, 0.717) is 10.7 Å². The second-order valence-electron chi connectivity index (χ2n) is 4.44. The van der Waals surface area contributed by atoms with Gasteiger partial charge in [-0.2, -0.15) is 11.8 Å². The standard InChI is InChI=1S/C11H22N2O2S3/c1-2-18(14,15)11-9-17-8-7-13(11)6-4-3-5-10(12)16/h11H,2-9H2,1H3,(H2,12,16). The van der Waals surface area contributed by atoms with Crippen LogP contribution in [-0.2, 0) is 9.84 Å². The highest BCUT2D eigenvalue weighted by atomic mass is 32.2. The molecular weight excluding hydrogens is 288 g/mol. The first-order chi connectivity index (χ1) is 8.47. The van der Waals surface area contributed by atoms with Crippen molar-refractivity contribution in [2.45, 2.75) is 31.6 Å². The molecule has 0 saturated carbocycles. The number of hydrogen-bond acceptors (Lipinski definition) is 5. The minimum Gasteiger partial charge on any atom is -0.393 e. The summed E-state index contributed by atoms with van der Waals surface area (Å²) in [6, 6.07) is 0. The molecule has 1 heterocycles. The monoisotopic (exact) mass is 310 g/mol. The molecular formula is C11H22N2O2S3. The molecule has 7 heteroatoms. The third-order valence-corrected chi connectivity index (χ3v) is 6.66. The van der Waals surface area contributed by atoms with Crippen LogP contribution in [0.1, 0.15) is 26.2 Å². The highest BCUT2D eigenvalue weighted by Gasteiger charge is 2.32. The molecule has 106 valence electrons. The molecule has 0 aliphatic carbocycles. The van der Waals surface area contributed by atoms with E-state index in [-0.39, 0.29) is 11.1 Å². The van der Waals surface area contributed by atoms with Crippen LogP contribution in [0.25, 0.3) is 0 Å². The zero-order valence-corrected chi connectivity index (χ0v) is 13.2. The van der Waals surface area contributed by atoms with E-state index in [1.54, 1.807) is 18.7 Å². The average Bonchev–Trinajstić information content (AvgIpc) is 2.35. The highest BCUT2D eigenvalue weighted by molar-refractivity contribution is 8.01. The molecule has 0 bridgehead atoms. The Balaban J connectivity index is 2.47. The van der Waals surface area contributed by atoms with Gasteiger partial charge in [-0.25, -0.2) is 8.42 Å². The first-order valence-electron chi connectivity index (χ1n) is 6.29. The maximum absolute atomic E-state index is 12.0. The Kier molecular flexibility index (Phi) is 6.90. The lowest BCUT2D eigenvalue weighted by Gasteiger charge is -2.34. The molecule has 0 radical (unpaired) electrons. The summed E-state index contributed by atoms with van der Waals surface area (Å²) in [4.78, 5) is 2.65. The van der Waals surface area contributed by atoms with Crippen LogP contribution in [0.5, 0.6) is 0 Å². The number of thiocarbonyl (C=S) groups is 1. The minimum absolute atomic E-state index is 0.224. The molecule has 1 aliphatic rings. The normalized spacial score (nSPS) is 21.9. The van der Waals surface area contributed by atoms with E-state index in [2.05, 4.69) is 4.90 Å². The molecule has 1 rings (SSSR count). The van der Waals surface area contributed by atoms with Gasteiger partial charge in [0.2, 0.25) is 0 Å². The third kappa shape index (κ3) is 5.03. The minimum atomic E-state index is -2.97. The fourth-order valence-corrected chi connectivity index (χ4v) is 5.26. The fraction of sp³-hybridized carbons (Fsp3) is 0.909. The van der Waals surface area contributed by atoms with Crippen molar-refractivity contribution in [3.63, 3.8) is 0 Å². The summed E-state index contributed by atoms with van der Waals surface area (Å²) in [5.41, 5.74) is 5.45. The number of hydrogen-bond donors (Lipinski definition) is 1. The lowest BCUT2D eigenvalue weighted by atomic mass is 10.2. The van der Waals surface area contributed by atoms with Gasteiger partial charge in [0.05, 0.1) is 4.99 Å². The summed E-state index contributed by atoms with van der Waals surface area (Å²) in [6.45, 7) is 3.41. The second kappa shape index (κ2) is 7.67. The van der Waals surface area contributed by atoms with Crippen molar-refractivity contribution < 1.29 is 8.42 Å². The van der Waals surface area contributed by atoms with Crippen LogP contribution < -0.4 is 5.73 Å². The molecule has 0 aromatic heterocycles. The van der Waals surface area contributed by atoms with E-state index >= 15 is 0 Å². The molecule has 0 aromatic rings. The van der Waals surface area contributed by atoms with Gasteiger partial charge in [-0.15, -0.1) is 0 Å². The van der Waals surface area contributed by atoms with Crippen molar-refractivity contribution >= 4 is 38.8 Å². The topological polar surface area (TPSA) is 63.4 Å². The summed E-state index contributed by atoms with van der Waals surface area (Å²) in [6.07, 6.45) is 2.65. The number of unbranched alkanes of at least 4 members (excludes halogenated alkanes) is 1. The largest absolute Gasteiger partial charge is 0.393 e.